The maximum absolute atomic E-state index is 11.3. The summed E-state index contributed by atoms with van der Waals surface area (Å²) in [5.41, 5.74) is 7.13. The standard InChI is InChI=1S/C14H20N2O/c1-16-10-4-6-12(16)9-8-11-5-2-3-7-13(11)14(15)17/h2-3,5,7,12H,4,6,8-10H2,1H3,(H2,15,17). The molecule has 3 heteroatoms. The molecule has 1 saturated heterocycles. The second-order valence-corrected chi connectivity index (χ2v) is 4.84. The number of amides is 1. The monoisotopic (exact) mass is 232 g/mol. The molecular formula is C14H20N2O. The molecule has 1 aromatic rings. The number of rotatable bonds is 4. The van der Waals surface area contributed by atoms with Gasteiger partial charge in [0.15, 0.2) is 0 Å². The molecule has 1 aliphatic rings. The van der Waals surface area contributed by atoms with Gasteiger partial charge < -0.3 is 10.6 Å². The van der Waals surface area contributed by atoms with E-state index in [9.17, 15) is 4.79 Å². The van der Waals surface area contributed by atoms with Crippen molar-refractivity contribution in [3.63, 3.8) is 0 Å². The van der Waals surface area contributed by atoms with Crippen molar-refractivity contribution in [3.05, 3.63) is 35.4 Å². The van der Waals surface area contributed by atoms with Crippen molar-refractivity contribution in [1.82, 2.24) is 4.90 Å². The Morgan fingerprint density at radius 2 is 2.24 bits per heavy atom. The highest BCUT2D eigenvalue weighted by molar-refractivity contribution is 5.94. The largest absolute Gasteiger partial charge is 0.366 e. The summed E-state index contributed by atoms with van der Waals surface area (Å²) in [6.07, 6.45) is 4.61. The van der Waals surface area contributed by atoms with Crippen molar-refractivity contribution in [2.45, 2.75) is 31.7 Å². The van der Waals surface area contributed by atoms with Crippen LogP contribution in [-0.4, -0.2) is 30.4 Å². The summed E-state index contributed by atoms with van der Waals surface area (Å²) in [6, 6.07) is 8.33. The number of hydrogen-bond acceptors (Lipinski definition) is 2. The second-order valence-electron chi connectivity index (χ2n) is 4.84. The average molecular weight is 232 g/mol. The highest BCUT2D eigenvalue weighted by atomic mass is 16.1. The van der Waals surface area contributed by atoms with Gasteiger partial charge in [0, 0.05) is 11.6 Å². The molecule has 0 saturated carbocycles. The lowest BCUT2D eigenvalue weighted by Gasteiger charge is -2.19. The normalized spacial score (nSPS) is 20.6. The first-order valence-corrected chi connectivity index (χ1v) is 6.26. The summed E-state index contributed by atoms with van der Waals surface area (Å²) in [6.45, 7) is 1.20. The van der Waals surface area contributed by atoms with E-state index in [4.69, 9.17) is 5.73 Å². The van der Waals surface area contributed by atoms with Crippen LogP contribution >= 0.6 is 0 Å². The van der Waals surface area contributed by atoms with Crippen LogP contribution in [0.3, 0.4) is 0 Å². The number of hydrogen-bond donors (Lipinski definition) is 1. The molecule has 3 nitrogen and oxygen atoms in total. The summed E-state index contributed by atoms with van der Waals surface area (Å²) in [5.74, 6) is -0.319. The molecule has 1 atom stereocenters. The lowest BCUT2D eigenvalue weighted by atomic mass is 9.99. The third-order valence-corrected chi connectivity index (χ3v) is 3.70. The van der Waals surface area contributed by atoms with Gasteiger partial charge in [0.25, 0.3) is 0 Å². The minimum absolute atomic E-state index is 0.319. The topological polar surface area (TPSA) is 46.3 Å². The van der Waals surface area contributed by atoms with E-state index in [1.165, 1.54) is 19.4 Å². The molecular weight excluding hydrogens is 212 g/mol. The van der Waals surface area contributed by atoms with E-state index < -0.39 is 0 Å². The van der Waals surface area contributed by atoms with Crippen molar-refractivity contribution >= 4 is 5.91 Å². The highest BCUT2D eigenvalue weighted by Crippen LogP contribution is 2.20. The van der Waals surface area contributed by atoms with Crippen LogP contribution in [-0.2, 0) is 6.42 Å². The molecule has 92 valence electrons. The zero-order valence-electron chi connectivity index (χ0n) is 10.4. The molecule has 0 spiro atoms. The minimum atomic E-state index is -0.319. The third kappa shape index (κ3) is 2.86. The van der Waals surface area contributed by atoms with Crippen LogP contribution in [0.1, 0.15) is 35.2 Å². The fourth-order valence-corrected chi connectivity index (χ4v) is 2.64. The Labute approximate surface area is 103 Å². The lowest BCUT2D eigenvalue weighted by molar-refractivity contribution is 0.0999. The molecule has 2 N–H and O–H groups in total. The Bertz CT molecular complexity index is 403. The van der Waals surface area contributed by atoms with E-state index in [1.807, 2.05) is 24.3 Å². The SMILES string of the molecule is CN1CCCC1CCc1ccccc1C(N)=O. The number of aryl methyl sites for hydroxylation is 1. The van der Waals surface area contributed by atoms with Gasteiger partial charge in [-0.05, 0) is 50.9 Å². The van der Waals surface area contributed by atoms with Gasteiger partial charge in [-0.2, -0.15) is 0 Å². The van der Waals surface area contributed by atoms with Crippen LogP contribution in [0.15, 0.2) is 24.3 Å². The van der Waals surface area contributed by atoms with Gasteiger partial charge in [0.05, 0.1) is 0 Å². The van der Waals surface area contributed by atoms with Crippen molar-refractivity contribution in [2.24, 2.45) is 5.73 Å². The quantitative estimate of drug-likeness (QED) is 0.860. The molecule has 0 aliphatic carbocycles. The first-order chi connectivity index (χ1) is 8.18. The Kier molecular flexibility index (Phi) is 3.79. The smallest absolute Gasteiger partial charge is 0.248 e. The van der Waals surface area contributed by atoms with E-state index in [0.717, 1.165) is 18.4 Å². The van der Waals surface area contributed by atoms with E-state index in [-0.39, 0.29) is 5.91 Å². The summed E-state index contributed by atoms with van der Waals surface area (Å²) in [5, 5.41) is 0. The molecule has 1 aliphatic heterocycles. The number of carbonyl (C=O) groups is 1. The molecule has 0 bridgehead atoms. The van der Waals surface area contributed by atoms with Gasteiger partial charge >= 0.3 is 0 Å². The minimum Gasteiger partial charge on any atom is -0.366 e. The zero-order chi connectivity index (χ0) is 12.3. The van der Waals surface area contributed by atoms with Crippen molar-refractivity contribution < 1.29 is 4.79 Å². The van der Waals surface area contributed by atoms with E-state index in [1.54, 1.807) is 0 Å². The van der Waals surface area contributed by atoms with Gasteiger partial charge in [0.2, 0.25) is 5.91 Å². The van der Waals surface area contributed by atoms with Crippen molar-refractivity contribution in [3.8, 4) is 0 Å². The van der Waals surface area contributed by atoms with Gasteiger partial charge in [-0.3, -0.25) is 4.79 Å². The van der Waals surface area contributed by atoms with Gasteiger partial charge in [-0.15, -0.1) is 0 Å². The molecule has 2 rings (SSSR count). The van der Waals surface area contributed by atoms with Gasteiger partial charge in [-0.1, -0.05) is 18.2 Å². The summed E-state index contributed by atoms with van der Waals surface area (Å²) >= 11 is 0. The lowest BCUT2D eigenvalue weighted by Crippen LogP contribution is -2.25. The summed E-state index contributed by atoms with van der Waals surface area (Å²) < 4.78 is 0. The number of likely N-dealkylation sites (tertiary alicyclic amines) is 1. The molecule has 1 fully saturated rings. The Hall–Kier alpha value is -1.35. The fourth-order valence-electron chi connectivity index (χ4n) is 2.64. The maximum Gasteiger partial charge on any atom is 0.248 e. The molecule has 0 aromatic heterocycles. The second kappa shape index (κ2) is 5.32. The van der Waals surface area contributed by atoms with Gasteiger partial charge in [0.1, 0.15) is 0 Å². The Balaban J connectivity index is 2.01. The van der Waals surface area contributed by atoms with Crippen LogP contribution in [0.4, 0.5) is 0 Å². The van der Waals surface area contributed by atoms with Crippen molar-refractivity contribution in [1.29, 1.82) is 0 Å². The van der Waals surface area contributed by atoms with Crippen molar-refractivity contribution in [2.75, 3.05) is 13.6 Å². The van der Waals surface area contributed by atoms with Gasteiger partial charge in [-0.25, -0.2) is 0 Å². The molecule has 0 radical (unpaired) electrons. The Morgan fingerprint density at radius 1 is 1.47 bits per heavy atom. The maximum atomic E-state index is 11.3. The number of carbonyl (C=O) groups excluding carboxylic acids is 1. The first kappa shape index (κ1) is 12.1. The molecule has 1 unspecified atom stereocenters. The van der Waals surface area contributed by atoms with Crippen LogP contribution in [0, 0.1) is 0 Å². The average Bonchev–Trinajstić information content (AvgIpc) is 2.72. The summed E-state index contributed by atoms with van der Waals surface area (Å²) in [7, 11) is 2.18. The molecule has 1 aromatic carbocycles. The predicted octanol–water partition coefficient (Wildman–Crippen LogP) is 1.81. The van der Waals surface area contributed by atoms with Crippen LogP contribution in [0.5, 0.6) is 0 Å². The van der Waals surface area contributed by atoms with Crippen LogP contribution < -0.4 is 5.73 Å². The highest BCUT2D eigenvalue weighted by Gasteiger charge is 2.20. The van der Waals surface area contributed by atoms with E-state index in [2.05, 4.69) is 11.9 Å². The molecule has 1 heterocycles. The Morgan fingerprint density at radius 3 is 2.88 bits per heavy atom. The molecule has 17 heavy (non-hydrogen) atoms. The number of benzene rings is 1. The number of nitrogens with zero attached hydrogens (tertiary/aromatic N) is 1. The van der Waals surface area contributed by atoms with E-state index in [0.29, 0.717) is 11.6 Å². The van der Waals surface area contributed by atoms with Crippen LogP contribution in [0.2, 0.25) is 0 Å². The number of nitrogens with two attached hydrogens (primary N) is 1. The fraction of sp³-hybridized carbons (Fsp3) is 0.500. The number of primary amides is 1. The predicted molar refractivity (Wildman–Crippen MR) is 68.9 cm³/mol. The molecule has 1 amide bonds. The third-order valence-electron chi connectivity index (χ3n) is 3.70. The van der Waals surface area contributed by atoms with E-state index >= 15 is 0 Å². The summed E-state index contributed by atoms with van der Waals surface area (Å²) in [4.78, 5) is 13.7. The zero-order valence-corrected chi connectivity index (χ0v) is 10.4. The van der Waals surface area contributed by atoms with Crippen LogP contribution in [0.25, 0.3) is 0 Å². The first-order valence-electron chi connectivity index (χ1n) is 6.26.